The van der Waals surface area contributed by atoms with E-state index >= 15 is 0 Å². The molecule has 1 aliphatic heterocycles. The van der Waals surface area contributed by atoms with Crippen LogP contribution in [0.4, 0.5) is 0 Å². The number of nitrogens with one attached hydrogen (secondary N) is 2. The van der Waals surface area contributed by atoms with Crippen molar-refractivity contribution in [1.29, 1.82) is 0 Å². The lowest BCUT2D eigenvalue weighted by Crippen LogP contribution is -2.54. The first-order chi connectivity index (χ1) is 13.7. The number of carbonyl (C=O) groups is 1. The van der Waals surface area contributed by atoms with Gasteiger partial charge in [-0.3, -0.25) is 18.9 Å². The first-order valence-corrected chi connectivity index (χ1v) is 11.5. The minimum atomic E-state index is -1.03. The molecule has 3 rings (SSSR count). The molecule has 1 atom stereocenters. The Morgan fingerprint density at radius 2 is 1.89 bits per heavy atom. The Morgan fingerprint density at radius 1 is 1.18 bits per heavy atom. The van der Waals surface area contributed by atoms with Crippen molar-refractivity contribution in [3.8, 4) is 0 Å². The molecular weight excluding hydrogens is 374 g/mol. The Hall–Kier alpha value is -1.93. The molecule has 1 unspecified atom stereocenters. The second-order valence-electron chi connectivity index (χ2n) is 7.20. The van der Waals surface area contributed by atoms with Crippen molar-refractivity contribution in [1.82, 2.24) is 20.4 Å². The van der Waals surface area contributed by atoms with Crippen LogP contribution in [-0.4, -0.2) is 83.5 Å². The summed E-state index contributed by atoms with van der Waals surface area (Å²) in [6, 6.07) is 9.95. The van der Waals surface area contributed by atoms with Crippen molar-refractivity contribution in [2.75, 3.05) is 51.6 Å². The molecule has 1 aromatic rings. The normalized spacial score (nSPS) is 19.3. The molecule has 0 spiro atoms. The zero-order valence-electron chi connectivity index (χ0n) is 16.6. The predicted octanol–water partition coefficient (Wildman–Crippen LogP) is 0.656. The highest BCUT2D eigenvalue weighted by molar-refractivity contribution is 7.85. The lowest BCUT2D eigenvalue weighted by atomic mass is 10.3. The van der Waals surface area contributed by atoms with Crippen LogP contribution in [0.3, 0.4) is 0 Å². The monoisotopic (exact) mass is 405 g/mol. The minimum Gasteiger partial charge on any atom is -0.357 e. The molecule has 1 saturated heterocycles. The third-order valence-electron chi connectivity index (χ3n) is 4.86. The average molecular weight is 406 g/mol. The van der Waals surface area contributed by atoms with Crippen LogP contribution in [0.5, 0.6) is 0 Å². The Bertz CT molecular complexity index is 685. The van der Waals surface area contributed by atoms with Gasteiger partial charge in [-0.2, -0.15) is 0 Å². The zero-order chi connectivity index (χ0) is 19.8. The van der Waals surface area contributed by atoms with Crippen molar-refractivity contribution in [2.45, 2.75) is 30.7 Å². The quantitative estimate of drug-likeness (QED) is 0.491. The molecule has 1 aliphatic carbocycles. The summed E-state index contributed by atoms with van der Waals surface area (Å²) in [6.45, 7) is 7.22. The van der Waals surface area contributed by atoms with Crippen LogP contribution in [0, 0.1) is 0 Å². The first-order valence-electron chi connectivity index (χ1n) is 10.1. The molecule has 7 nitrogen and oxygen atoms in total. The van der Waals surface area contributed by atoms with Crippen LogP contribution in [-0.2, 0) is 15.6 Å². The lowest BCUT2D eigenvalue weighted by molar-refractivity contribution is -0.122. The Labute approximate surface area is 170 Å². The second kappa shape index (κ2) is 10.6. The van der Waals surface area contributed by atoms with E-state index < -0.39 is 10.8 Å². The van der Waals surface area contributed by atoms with Gasteiger partial charge in [-0.05, 0) is 31.9 Å². The fraction of sp³-hybridized carbons (Fsp3) is 0.600. The van der Waals surface area contributed by atoms with Crippen molar-refractivity contribution in [2.24, 2.45) is 4.99 Å². The van der Waals surface area contributed by atoms with E-state index in [1.807, 2.05) is 30.3 Å². The van der Waals surface area contributed by atoms with Gasteiger partial charge in [0.2, 0.25) is 5.91 Å². The maximum atomic E-state index is 12.4. The maximum Gasteiger partial charge on any atom is 0.234 e. The summed E-state index contributed by atoms with van der Waals surface area (Å²) in [7, 11) is -1.03. The van der Waals surface area contributed by atoms with Gasteiger partial charge in [0.05, 0.1) is 23.9 Å². The highest BCUT2D eigenvalue weighted by Gasteiger charge is 2.25. The van der Waals surface area contributed by atoms with Crippen molar-refractivity contribution in [3.05, 3.63) is 30.3 Å². The Morgan fingerprint density at radius 3 is 2.54 bits per heavy atom. The molecule has 1 saturated carbocycles. The highest BCUT2D eigenvalue weighted by atomic mass is 32.2. The summed E-state index contributed by atoms with van der Waals surface area (Å²) in [5.41, 5.74) is 0. The van der Waals surface area contributed by atoms with Gasteiger partial charge >= 0.3 is 0 Å². The largest absolute Gasteiger partial charge is 0.357 e. The van der Waals surface area contributed by atoms with Crippen LogP contribution >= 0.6 is 0 Å². The van der Waals surface area contributed by atoms with Gasteiger partial charge in [0.15, 0.2) is 5.96 Å². The second-order valence-corrected chi connectivity index (χ2v) is 8.77. The molecule has 154 valence electrons. The number of hydrogen-bond donors (Lipinski definition) is 2. The van der Waals surface area contributed by atoms with Crippen LogP contribution in [0.15, 0.2) is 40.2 Å². The van der Waals surface area contributed by atoms with Crippen molar-refractivity contribution in [3.63, 3.8) is 0 Å². The fourth-order valence-corrected chi connectivity index (χ4v) is 4.13. The van der Waals surface area contributed by atoms with Gasteiger partial charge in [-0.1, -0.05) is 18.2 Å². The van der Waals surface area contributed by atoms with Crippen molar-refractivity contribution < 1.29 is 9.00 Å². The van der Waals surface area contributed by atoms with Gasteiger partial charge in [0, 0.05) is 49.4 Å². The molecule has 2 N–H and O–H groups in total. The van der Waals surface area contributed by atoms with E-state index in [2.05, 4.69) is 32.3 Å². The number of amides is 1. The van der Waals surface area contributed by atoms with E-state index in [0.717, 1.165) is 56.4 Å². The third-order valence-corrected chi connectivity index (χ3v) is 6.21. The third kappa shape index (κ3) is 6.60. The SMILES string of the molecule is CCNC(=NCCS(=O)c1ccccc1)N1CCN(CC(=O)NC2CC2)CC1. The van der Waals surface area contributed by atoms with Crippen molar-refractivity contribution >= 4 is 22.7 Å². The topological polar surface area (TPSA) is 77.0 Å². The van der Waals surface area contributed by atoms with E-state index in [9.17, 15) is 9.00 Å². The molecule has 28 heavy (non-hydrogen) atoms. The molecule has 1 amide bonds. The number of benzene rings is 1. The molecule has 0 bridgehead atoms. The van der Waals surface area contributed by atoms with Crippen LogP contribution in [0.25, 0.3) is 0 Å². The average Bonchev–Trinajstić information content (AvgIpc) is 3.52. The summed E-state index contributed by atoms with van der Waals surface area (Å²) < 4.78 is 12.4. The van der Waals surface area contributed by atoms with Crippen LogP contribution in [0.1, 0.15) is 19.8 Å². The van der Waals surface area contributed by atoms with Gasteiger partial charge in [0.1, 0.15) is 0 Å². The summed E-state index contributed by atoms with van der Waals surface area (Å²) in [5.74, 6) is 1.52. The summed E-state index contributed by atoms with van der Waals surface area (Å²) in [6.07, 6.45) is 2.24. The van der Waals surface area contributed by atoms with Gasteiger partial charge < -0.3 is 15.5 Å². The molecule has 2 aliphatic rings. The number of hydrogen-bond acceptors (Lipinski definition) is 4. The molecule has 0 aromatic heterocycles. The lowest BCUT2D eigenvalue weighted by Gasteiger charge is -2.36. The van der Waals surface area contributed by atoms with Gasteiger partial charge in [0.25, 0.3) is 0 Å². The van der Waals surface area contributed by atoms with Crippen LogP contribution < -0.4 is 10.6 Å². The van der Waals surface area contributed by atoms with E-state index in [4.69, 9.17) is 0 Å². The van der Waals surface area contributed by atoms with Gasteiger partial charge in [-0.15, -0.1) is 0 Å². The number of rotatable bonds is 8. The molecule has 1 aromatic carbocycles. The Balaban J connectivity index is 1.45. The molecule has 8 heteroatoms. The maximum absolute atomic E-state index is 12.4. The number of carbonyl (C=O) groups excluding carboxylic acids is 1. The summed E-state index contributed by atoms with van der Waals surface area (Å²) >= 11 is 0. The number of aliphatic imine (C=N–C) groups is 1. The predicted molar refractivity (Wildman–Crippen MR) is 113 cm³/mol. The Kier molecular flexibility index (Phi) is 7.85. The number of guanidine groups is 1. The summed E-state index contributed by atoms with van der Waals surface area (Å²) in [5, 5.41) is 6.38. The van der Waals surface area contributed by atoms with E-state index in [1.54, 1.807) is 0 Å². The van der Waals surface area contributed by atoms with Gasteiger partial charge in [-0.25, -0.2) is 0 Å². The highest BCUT2D eigenvalue weighted by Crippen LogP contribution is 2.18. The first kappa shape index (κ1) is 20.8. The van der Waals surface area contributed by atoms with E-state index in [0.29, 0.717) is 24.9 Å². The molecule has 0 radical (unpaired) electrons. The van der Waals surface area contributed by atoms with Crippen LogP contribution in [0.2, 0.25) is 0 Å². The van der Waals surface area contributed by atoms with E-state index in [-0.39, 0.29) is 5.91 Å². The number of nitrogens with zero attached hydrogens (tertiary/aromatic N) is 3. The summed E-state index contributed by atoms with van der Waals surface area (Å²) in [4.78, 5) is 21.9. The fourth-order valence-electron chi connectivity index (χ4n) is 3.17. The zero-order valence-corrected chi connectivity index (χ0v) is 17.4. The standard InChI is InChI=1S/C20H31N5O2S/c1-2-21-20(22-10-15-28(27)18-6-4-3-5-7-18)25-13-11-24(12-14-25)16-19(26)23-17-8-9-17/h3-7,17H,2,8-16H2,1H3,(H,21,22)(H,23,26). The number of piperazine rings is 1. The molecular formula is C20H31N5O2S. The van der Waals surface area contributed by atoms with E-state index in [1.165, 1.54) is 0 Å². The minimum absolute atomic E-state index is 0.139. The molecule has 2 fully saturated rings. The smallest absolute Gasteiger partial charge is 0.234 e. The molecule has 1 heterocycles.